The molecule has 1 aliphatic rings. The minimum atomic E-state index is -0.555. The van der Waals surface area contributed by atoms with Gasteiger partial charge in [-0.05, 0) is 57.0 Å². The summed E-state index contributed by atoms with van der Waals surface area (Å²) in [6.07, 6.45) is 1.76. The zero-order chi connectivity index (χ0) is 19.9. The van der Waals surface area contributed by atoms with Crippen molar-refractivity contribution in [3.8, 4) is 11.5 Å². The van der Waals surface area contributed by atoms with E-state index in [1.807, 2.05) is 13.8 Å². The molecule has 2 aromatic rings. The number of para-hydroxylation sites is 1. The van der Waals surface area contributed by atoms with Crippen molar-refractivity contribution in [3.63, 3.8) is 0 Å². The molecular weight excluding hydrogens is 360 g/mol. The predicted molar refractivity (Wildman–Crippen MR) is 103 cm³/mol. The highest BCUT2D eigenvalue weighted by Gasteiger charge is 2.19. The number of esters is 2. The van der Waals surface area contributed by atoms with Crippen molar-refractivity contribution >= 4 is 11.9 Å². The lowest BCUT2D eigenvalue weighted by Gasteiger charge is -2.14. The number of carbonyl (C=O) groups is 2. The van der Waals surface area contributed by atoms with Crippen molar-refractivity contribution in [1.82, 2.24) is 0 Å². The smallest absolute Gasteiger partial charge is 0.347 e. The highest BCUT2D eigenvalue weighted by Crippen LogP contribution is 2.23. The first kappa shape index (κ1) is 19.9. The van der Waals surface area contributed by atoms with E-state index in [9.17, 15) is 9.59 Å². The second-order valence-electron chi connectivity index (χ2n) is 6.81. The van der Waals surface area contributed by atoms with Crippen molar-refractivity contribution in [3.05, 3.63) is 59.7 Å². The molecule has 2 aromatic carbocycles. The first-order valence-corrected chi connectivity index (χ1v) is 9.39. The van der Waals surface area contributed by atoms with Crippen LogP contribution in [0.15, 0.2) is 48.5 Å². The Kier molecular flexibility index (Phi) is 6.66. The van der Waals surface area contributed by atoms with Crippen LogP contribution in [-0.4, -0.2) is 37.4 Å². The van der Waals surface area contributed by atoms with Gasteiger partial charge in [0, 0.05) is 6.61 Å². The Balaban J connectivity index is 1.65. The van der Waals surface area contributed by atoms with Gasteiger partial charge in [-0.25, -0.2) is 9.59 Å². The largest absolute Gasteiger partial charge is 0.490 e. The van der Waals surface area contributed by atoms with Crippen LogP contribution in [0.5, 0.6) is 11.5 Å². The van der Waals surface area contributed by atoms with Gasteiger partial charge < -0.3 is 18.9 Å². The molecule has 0 aliphatic carbocycles. The van der Waals surface area contributed by atoms with E-state index in [1.54, 1.807) is 42.5 Å². The van der Waals surface area contributed by atoms with Crippen molar-refractivity contribution in [2.45, 2.75) is 38.9 Å². The molecule has 148 valence electrons. The van der Waals surface area contributed by atoms with Gasteiger partial charge in [0.25, 0.3) is 0 Å². The molecule has 0 spiro atoms. The summed E-state index contributed by atoms with van der Waals surface area (Å²) >= 11 is 0. The Morgan fingerprint density at radius 1 is 1.11 bits per heavy atom. The van der Waals surface area contributed by atoms with Crippen LogP contribution >= 0.6 is 0 Å². The molecule has 0 amide bonds. The molecule has 1 fully saturated rings. The summed E-state index contributed by atoms with van der Waals surface area (Å²) in [5, 5.41) is 0. The molecule has 0 saturated carbocycles. The molecule has 28 heavy (non-hydrogen) atoms. The van der Waals surface area contributed by atoms with E-state index in [1.165, 1.54) is 6.07 Å². The third-order valence-corrected chi connectivity index (χ3v) is 4.17. The minimum absolute atomic E-state index is 0.0394. The maximum atomic E-state index is 12.6. The summed E-state index contributed by atoms with van der Waals surface area (Å²) in [6, 6.07) is 13.2. The summed E-state index contributed by atoms with van der Waals surface area (Å²) in [7, 11) is 0. The lowest BCUT2D eigenvalue weighted by molar-refractivity contribution is 0.0161. The summed E-state index contributed by atoms with van der Waals surface area (Å²) in [4.78, 5) is 24.8. The average molecular weight is 384 g/mol. The van der Waals surface area contributed by atoms with Crippen LogP contribution in [0.25, 0.3) is 0 Å². The molecule has 6 heteroatoms. The number of benzene rings is 2. The van der Waals surface area contributed by atoms with Gasteiger partial charge in [-0.3, -0.25) is 0 Å². The second-order valence-corrected chi connectivity index (χ2v) is 6.81. The molecule has 1 heterocycles. The van der Waals surface area contributed by atoms with Crippen LogP contribution in [-0.2, 0) is 9.47 Å². The van der Waals surface area contributed by atoms with Crippen LogP contribution in [0.2, 0.25) is 0 Å². The van der Waals surface area contributed by atoms with Gasteiger partial charge in [-0.1, -0.05) is 18.2 Å². The van der Waals surface area contributed by atoms with Crippen molar-refractivity contribution in [1.29, 1.82) is 0 Å². The Hall–Kier alpha value is -2.86. The molecule has 6 nitrogen and oxygen atoms in total. The first-order valence-electron chi connectivity index (χ1n) is 9.39. The fraction of sp³-hybridized carbons (Fsp3) is 0.364. The predicted octanol–water partition coefficient (Wildman–Crippen LogP) is 4.03. The van der Waals surface area contributed by atoms with E-state index in [2.05, 4.69) is 0 Å². The van der Waals surface area contributed by atoms with Gasteiger partial charge in [0.1, 0.15) is 23.7 Å². The lowest BCUT2D eigenvalue weighted by atomic mass is 10.2. The SMILES string of the molecule is CC(C)Oc1ccccc1C(=O)Oc1cccc(C(=O)OCC2CCCO2)c1. The van der Waals surface area contributed by atoms with Crippen molar-refractivity contribution in [2.24, 2.45) is 0 Å². The van der Waals surface area contributed by atoms with E-state index in [0.717, 1.165) is 12.8 Å². The standard InChI is InChI=1S/C22H24O6/c1-15(2)27-20-11-4-3-10-19(20)22(24)28-17-8-5-7-16(13-17)21(23)26-14-18-9-6-12-25-18/h3-5,7-8,10-11,13,15,18H,6,9,12,14H2,1-2H3. The molecule has 1 aliphatic heterocycles. The van der Waals surface area contributed by atoms with Gasteiger partial charge >= 0.3 is 11.9 Å². The highest BCUT2D eigenvalue weighted by atomic mass is 16.6. The number of rotatable bonds is 7. The summed E-state index contributed by atoms with van der Waals surface area (Å²) in [5.74, 6) is -0.316. The van der Waals surface area contributed by atoms with Crippen LogP contribution < -0.4 is 9.47 Å². The molecule has 3 rings (SSSR count). The molecule has 0 radical (unpaired) electrons. The van der Waals surface area contributed by atoms with E-state index in [-0.39, 0.29) is 24.6 Å². The zero-order valence-corrected chi connectivity index (χ0v) is 16.1. The van der Waals surface area contributed by atoms with Crippen LogP contribution in [0.3, 0.4) is 0 Å². The Bertz CT molecular complexity index is 823. The molecule has 1 saturated heterocycles. The van der Waals surface area contributed by atoms with E-state index in [0.29, 0.717) is 23.5 Å². The Morgan fingerprint density at radius 3 is 2.68 bits per heavy atom. The topological polar surface area (TPSA) is 71.1 Å². The maximum absolute atomic E-state index is 12.6. The third kappa shape index (κ3) is 5.33. The highest BCUT2D eigenvalue weighted by molar-refractivity contribution is 5.94. The van der Waals surface area contributed by atoms with Crippen molar-refractivity contribution < 1.29 is 28.5 Å². The molecule has 0 bridgehead atoms. The second kappa shape index (κ2) is 9.37. The Labute approximate surface area is 164 Å². The summed E-state index contributed by atoms with van der Waals surface area (Å²) in [5.41, 5.74) is 0.637. The number of ether oxygens (including phenoxy) is 4. The zero-order valence-electron chi connectivity index (χ0n) is 16.1. The van der Waals surface area contributed by atoms with Gasteiger partial charge in [0.15, 0.2) is 0 Å². The van der Waals surface area contributed by atoms with E-state index in [4.69, 9.17) is 18.9 Å². The molecule has 1 atom stereocenters. The number of hydrogen-bond acceptors (Lipinski definition) is 6. The van der Waals surface area contributed by atoms with Crippen LogP contribution in [0.1, 0.15) is 47.4 Å². The maximum Gasteiger partial charge on any atom is 0.347 e. The molecular formula is C22H24O6. The van der Waals surface area contributed by atoms with Gasteiger partial charge in [-0.2, -0.15) is 0 Å². The molecule has 0 aromatic heterocycles. The van der Waals surface area contributed by atoms with Crippen molar-refractivity contribution in [2.75, 3.05) is 13.2 Å². The average Bonchev–Trinajstić information content (AvgIpc) is 3.20. The quantitative estimate of drug-likeness (QED) is 0.530. The molecule has 0 N–H and O–H groups in total. The van der Waals surface area contributed by atoms with Gasteiger partial charge in [-0.15, -0.1) is 0 Å². The molecule has 1 unspecified atom stereocenters. The van der Waals surface area contributed by atoms with E-state index >= 15 is 0 Å². The fourth-order valence-electron chi connectivity index (χ4n) is 2.87. The normalized spacial score (nSPS) is 16.0. The minimum Gasteiger partial charge on any atom is -0.490 e. The van der Waals surface area contributed by atoms with Crippen LogP contribution in [0, 0.1) is 0 Å². The van der Waals surface area contributed by atoms with E-state index < -0.39 is 11.9 Å². The lowest BCUT2D eigenvalue weighted by Crippen LogP contribution is -2.18. The monoisotopic (exact) mass is 384 g/mol. The number of hydrogen-bond donors (Lipinski definition) is 0. The van der Waals surface area contributed by atoms with Gasteiger partial charge in [0.2, 0.25) is 0 Å². The summed E-state index contributed by atoms with van der Waals surface area (Å²) < 4.78 is 21.8. The van der Waals surface area contributed by atoms with Crippen LogP contribution in [0.4, 0.5) is 0 Å². The first-order chi connectivity index (χ1) is 13.5. The third-order valence-electron chi connectivity index (χ3n) is 4.17. The van der Waals surface area contributed by atoms with Gasteiger partial charge in [0.05, 0.1) is 17.8 Å². The number of carbonyl (C=O) groups excluding carboxylic acids is 2. The fourth-order valence-corrected chi connectivity index (χ4v) is 2.87. The summed E-state index contributed by atoms with van der Waals surface area (Å²) in [6.45, 7) is 4.69. The Morgan fingerprint density at radius 2 is 1.93 bits per heavy atom.